The van der Waals surface area contributed by atoms with Gasteiger partial charge in [-0.15, -0.1) is 0 Å². The van der Waals surface area contributed by atoms with Crippen molar-refractivity contribution in [2.75, 3.05) is 26.8 Å². The van der Waals surface area contributed by atoms with E-state index in [-0.39, 0.29) is 11.9 Å². The van der Waals surface area contributed by atoms with Gasteiger partial charge in [-0.05, 0) is 47.3 Å². The lowest BCUT2D eigenvalue weighted by atomic mass is 10.1. The minimum atomic E-state index is -0.00556. The third-order valence-corrected chi connectivity index (χ3v) is 4.43. The van der Waals surface area contributed by atoms with Crippen molar-refractivity contribution >= 4 is 21.8 Å². The van der Waals surface area contributed by atoms with Crippen LogP contribution in [-0.2, 0) is 0 Å². The highest BCUT2D eigenvalue weighted by atomic mass is 79.9. The molecule has 0 bridgehead atoms. The van der Waals surface area contributed by atoms with Gasteiger partial charge in [0.2, 0.25) is 0 Å². The van der Waals surface area contributed by atoms with Gasteiger partial charge in [0.1, 0.15) is 0 Å². The lowest BCUT2D eigenvalue weighted by Gasteiger charge is -2.24. The van der Waals surface area contributed by atoms with Gasteiger partial charge in [-0.3, -0.25) is 4.79 Å². The number of rotatable bonds is 6. The highest BCUT2D eigenvalue weighted by Crippen LogP contribution is 2.37. The summed E-state index contributed by atoms with van der Waals surface area (Å²) in [5.41, 5.74) is 6.35. The van der Waals surface area contributed by atoms with E-state index in [1.165, 1.54) is 0 Å². The van der Waals surface area contributed by atoms with Crippen LogP contribution in [0.15, 0.2) is 16.6 Å². The van der Waals surface area contributed by atoms with Crippen molar-refractivity contribution in [3.8, 4) is 11.5 Å². The molecule has 2 N–H and O–H groups in total. The molecule has 1 saturated heterocycles. The summed E-state index contributed by atoms with van der Waals surface area (Å²) in [5.74, 6) is 1.20. The molecule has 0 radical (unpaired) electrons. The molecule has 1 atom stereocenters. The zero-order chi connectivity index (χ0) is 16.1. The SMILES string of the molecule is CCCOc1c(Br)cc(C(=O)N2CCC[C@H]2CN)cc1OC. The molecule has 0 aromatic heterocycles. The van der Waals surface area contributed by atoms with E-state index in [4.69, 9.17) is 15.2 Å². The van der Waals surface area contributed by atoms with Gasteiger partial charge >= 0.3 is 0 Å². The average Bonchev–Trinajstić information content (AvgIpc) is 3.00. The van der Waals surface area contributed by atoms with Gasteiger partial charge in [0.25, 0.3) is 5.91 Å². The van der Waals surface area contributed by atoms with Gasteiger partial charge in [0.05, 0.1) is 18.2 Å². The molecule has 0 saturated carbocycles. The summed E-state index contributed by atoms with van der Waals surface area (Å²) in [7, 11) is 1.58. The number of carbonyl (C=O) groups is 1. The van der Waals surface area contributed by atoms with Crippen molar-refractivity contribution in [3.63, 3.8) is 0 Å². The van der Waals surface area contributed by atoms with Gasteiger partial charge < -0.3 is 20.1 Å². The molecule has 0 unspecified atom stereocenters. The fourth-order valence-corrected chi connectivity index (χ4v) is 3.26. The first-order valence-electron chi connectivity index (χ1n) is 7.63. The van der Waals surface area contributed by atoms with Gasteiger partial charge in [0, 0.05) is 24.7 Å². The van der Waals surface area contributed by atoms with Crippen molar-refractivity contribution in [2.45, 2.75) is 32.2 Å². The van der Waals surface area contributed by atoms with E-state index in [1.54, 1.807) is 19.2 Å². The molecule has 1 amide bonds. The molecule has 2 rings (SSSR count). The summed E-state index contributed by atoms with van der Waals surface area (Å²) in [6.45, 7) is 3.90. The Kier molecular flexibility index (Phi) is 6.08. The van der Waals surface area contributed by atoms with Crippen molar-refractivity contribution in [3.05, 3.63) is 22.2 Å². The third kappa shape index (κ3) is 3.55. The largest absolute Gasteiger partial charge is 0.493 e. The van der Waals surface area contributed by atoms with Crippen molar-refractivity contribution in [1.82, 2.24) is 4.90 Å². The Hall–Kier alpha value is -1.27. The molecule has 1 heterocycles. The normalized spacial score (nSPS) is 17.6. The number of amides is 1. The third-order valence-electron chi connectivity index (χ3n) is 3.84. The van der Waals surface area contributed by atoms with Crippen LogP contribution in [0.1, 0.15) is 36.5 Å². The van der Waals surface area contributed by atoms with Gasteiger partial charge in [0.15, 0.2) is 11.5 Å². The molecule has 0 aliphatic carbocycles. The van der Waals surface area contributed by atoms with Crippen LogP contribution in [0.5, 0.6) is 11.5 Å². The number of ether oxygens (including phenoxy) is 2. The monoisotopic (exact) mass is 370 g/mol. The molecule has 1 aliphatic rings. The van der Waals surface area contributed by atoms with Crippen LogP contribution in [-0.4, -0.2) is 43.7 Å². The van der Waals surface area contributed by atoms with Crippen LogP contribution in [0.3, 0.4) is 0 Å². The van der Waals surface area contributed by atoms with E-state index in [0.29, 0.717) is 30.2 Å². The summed E-state index contributed by atoms with van der Waals surface area (Å²) in [4.78, 5) is 14.6. The maximum absolute atomic E-state index is 12.7. The Balaban J connectivity index is 2.28. The van der Waals surface area contributed by atoms with E-state index in [1.807, 2.05) is 11.8 Å². The molecule has 1 aromatic carbocycles. The highest BCUT2D eigenvalue weighted by molar-refractivity contribution is 9.10. The maximum Gasteiger partial charge on any atom is 0.254 e. The predicted molar refractivity (Wildman–Crippen MR) is 89.6 cm³/mol. The van der Waals surface area contributed by atoms with Crippen LogP contribution in [0, 0.1) is 0 Å². The lowest BCUT2D eigenvalue weighted by Crippen LogP contribution is -2.39. The first kappa shape index (κ1) is 17.1. The number of benzene rings is 1. The molecular formula is C16H23BrN2O3. The van der Waals surface area contributed by atoms with E-state index in [2.05, 4.69) is 15.9 Å². The van der Waals surface area contributed by atoms with Gasteiger partial charge in [-0.2, -0.15) is 0 Å². The second kappa shape index (κ2) is 7.83. The Bertz CT molecular complexity index is 536. The van der Waals surface area contributed by atoms with Crippen molar-refractivity contribution in [1.29, 1.82) is 0 Å². The molecule has 22 heavy (non-hydrogen) atoms. The predicted octanol–water partition coefficient (Wildman–Crippen LogP) is 2.81. The summed E-state index contributed by atoms with van der Waals surface area (Å²) >= 11 is 3.48. The van der Waals surface area contributed by atoms with Crippen molar-refractivity contribution in [2.24, 2.45) is 5.73 Å². The molecule has 122 valence electrons. The number of hydrogen-bond acceptors (Lipinski definition) is 4. The number of halogens is 1. The average molecular weight is 371 g/mol. The fraction of sp³-hybridized carbons (Fsp3) is 0.562. The minimum Gasteiger partial charge on any atom is -0.493 e. The molecule has 0 spiro atoms. The van der Waals surface area contributed by atoms with Crippen molar-refractivity contribution < 1.29 is 14.3 Å². The van der Waals surface area contributed by atoms with E-state index in [0.717, 1.165) is 30.3 Å². The number of likely N-dealkylation sites (tertiary alicyclic amines) is 1. The van der Waals surface area contributed by atoms with Crippen LogP contribution < -0.4 is 15.2 Å². The van der Waals surface area contributed by atoms with Crippen LogP contribution in [0.4, 0.5) is 0 Å². The summed E-state index contributed by atoms with van der Waals surface area (Å²) in [6, 6.07) is 3.67. The van der Waals surface area contributed by atoms with Gasteiger partial charge in [-0.25, -0.2) is 0 Å². The molecule has 1 fully saturated rings. The highest BCUT2D eigenvalue weighted by Gasteiger charge is 2.29. The summed E-state index contributed by atoms with van der Waals surface area (Å²) in [5, 5.41) is 0. The van der Waals surface area contributed by atoms with E-state index < -0.39 is 0 Å². The smallest absolute Gasteiger partial charge is 0.254 e. The zero-order valence-corrected chi connectivity index (χ0v) is 14.7. The molecular weight excluding hydrogens is 348 g/mol. The standard InChI is InChI=1S/C16H23BrN2O3/c1-3-7-22-15-13(17)8-11(9-14(15)21-2)16(20)19-6-4-5-12(19)10-18/h8-9,12H,3-7,10,18H2,1-2H3/t12-/m0/s1. The first-order valence-corrected chi connectivity index (χ1v) is 8.43. The first-order chi connectivity index (χ1) is 10.6. The summed E-state index contributed by atoms with van der Waals surface area (Å²) in [6.07, 6.45) is 2.88. The van der Waals surface area contributed by atoms with Crippen LogP contribution >= 0.6 is 15.9 Å². The molecule has 1 aromatic rings. The Morgan fingerprint density at radius 3 is 2.91 bits per heavy atom. The number of nitrogens with two attached hydrogens (primary N) is 1. The van der Waals surface area contributed by atoms with E-state index >= 15 is 0 Å². The van der Waals surface area contributed by atoms with Gasteiger partial charge in [-0.1, -0.05) is 6.92 Å². The maximum atomic E-state index is 12.7. The lowest BCUT2D eigenvalue weighted by molar-refractivity contribution is 0.0740. The molecule has 5 nitrogen and oxygen atoms in total. The Morgan fingerprint density at radius 1 is 1.50 bits per heavy atom. The number of nitrogens with zero attached hydrogens (tertiary/aromatic N) is 1. The number of carbonyl (C=O) groups excluding carboxylic acids is 1. The Morgan fingerprint density at radius 2 is 2.27 bits per heavy atom. The minimum absolute atomic E-state index is 0.00556. The second-order valence-corrected chi connectivity index (χ2v) is 6.22. The topological polar surface area (TPSA) is 64.8 Å². The van der Waals surface area contributed by atoms with E-state index in [9.17, 15) is 4.79 Å². The quantitative estimate of drug-likeness (QED) is 0.835. The number of hydrogen-bond donors (Lipinski definition) is 1. The number of methoxy groups -OCH3 is 1. The zero-order valence-electron chi connectivity index (χ0n) is 13.1. The second-order valence-electron chi connectivity index (χ2n) is 5.37. The van der Waals surface area contributed by atoms with Crippen LogP contribution in [0.25, 0.3) is 0 Å². The molecule has 6 heteroatoms. The Labute approximate surface area is 139 Å². The molecule has 1 aliphatic heterocycles. The fourth-order valence-electron chi connectivity index (χ4n) is 2.70. The summed E-state index contributed by atoms with van der Waals surface area (Å²) < 4.78 is 11.8. The van der Waals surface area contributed by atoms with Crippen LogP contribution in [0.2, 0.25) is 0 Å².